The van der Waals surface area contributed by atoms with Crippen molar-refractivity contribution in [2.75, 3.05) is 5.32 Å². The third-order valence-corrected chi connectivity index (χ3v) is 2.93. The molecule has 0 spiro atoms. The van der Waals surface area contributed by atoms with Gasteiger partial charge in [-0.05, 0) is 29.7 Å². The quantitative estimate of drug-likeness (QED) is 0.885. The highest BCUT2D eigenvalue weighted by Gasteiger charge is 2.10. The molecule has 3 N–H and O–H groups in total. The van der Waals surface area contributed by atoms with Crippen LogP contribution in [0.4, 0.5) is 5.69 Å². The molecule has 0 unspecified atom stereocenters. The Hall–Kier alpha value is -2.07. The van der Waals surface area contributed by atoms with Crippen LogP contribution in [0.5, 0.6) is 0 Å². The standard InChI is InChI=1S/C15H18N2O2/c1-10(2)11-4-3-5-13(6-11)17-15(18)12-7-14(8-16)19-9-12/h3-7,9-10H,8,16H2,1-2H3,(H,17,18). The molecular formula is C15H18N2O2. The van der Waals surface area contributed by atoms with Gasteiger partial charge in [-0.15, -0.1) is 0 Å². The lowest BCUT2D eigenvalue weighted by Gasteiger charge is -2.08. The molecule has 0 saturated heterocycles. The van der Waals surface area contributed by atoms with E-state index < -0.39 is 0 Å². The predicted octanol–water partition coefficient (Wildman–Crippen LogP) is 3.11. The van der Waals surface area contributed by atoms with Gasteiger partial charge in [-0.1, -0.05) is 26.0 Å². The first-order valence-corrected chi connectivity index (χ1v) is 6.29. The Kier molecular flexibility index (Phi) is 4.02. The van der Waals surface area contributed by atoms with E-state index in [9.17, 15) is 4.79 Å². The summed E-state index contributed by atoms with van der Waals surface area (Å²) in [5.74, 6) is 0.833. The van der Waals surface area contributed by atoms with E-state index in [0.29, 0.717) is 17.2 Å². The number of carbonyl (C=O) groups is 1. The minimum absolute atomic E-state index is 0.190. The molecule has 2 aromatic rings. The average Bonchev–Trinajstić information content (AvgIpc) is 2.88. The van der Waals surface area contributed by atoms with Crippen molar-refractivity contribution in [1.29, 1.82) is 0 Å². The second kappa shape index (κ2) is 5.71. The van der Waals surface area contributed by atoms with Crippen molar-refractivity contribution >= 4 is 11.6 Å². The number of hydrogen-bond acceptors (Lipinski definition) is 3. The topological polar surface area (TPSA) is 68.3 Å². The van der Waals surface area contributed by atoms with Gasteiger partial charge in [0.05, 0.1) is 12.1 Å². The van der Waals surface area contributed by atoms with Gasteiger partial charge in [0, 0.05) is 5.69 Å². The van der Waals surface area contributed by atoms with Crippen molar-refractivity contribution in [1.82, 2.24) is 0 Å². The Labute approximate surface area is 112 Å². The van der Waals surface area contributed by atoms with Crippen LogP contribution in [-0.4, -0.2) is 5.91 Å². The average molecular weight is 258 g/mol. The van der Waals surface area contributed by atoms with E-state index in [4.69, 9.17) is 10.2 Å². The van der Waals surface area contributed by atoms with E-state index in [-0.39, 0.29) is 12.5 Å². The van der Waals surface area contributed by atoms with Crippen LogP contribution >= 0.6 is 0 Å². The fraction of sp³-hybridized carbons (Fsp3) is 0.267. The summed E-state index contributed by atoms with van der Waals surface area (Å²) in [7, 11) is 0. The van der Waals surface area contributed by atoms with Crippen LogP contribution in [0.3, 0.4) is 0 Å². The van der Waals surface area contributed by atoms with Crippen LogP contribution in [-0.2, 0) is 6.54 Å². The molecular weight excluding hydrogens is 240 g/mol. The smallest absolute Gasteiger partial charge is 0.258 e. The number of nitrogens with two attached hydrogens (primary N) is 1. The number of amides is 1. The Bertz CT molecular complexity index is 573. The van der Waals surface area contributed by atoms with Gasteiger partial charge in [0.15, 0.2) is 0 Å². The first-order chi connectivity index (χ1) is 9.10. The van der Waals surface area contributed by atoms with Crippen molar-refractivity contribution in [3.05, 3.63) is 53.5 Å². The van der Waals surface area contributed by atoms with Crippen LogP contribution in [0.25, 0.3) is 0 Å². The molecule has 0 radical (unpaired) electrons. The lowest BCUT2D eigenvalue weighted by atomic mass is 10.0. The van der Waals surface area contributed by atoms with Crippen molar-refractivity contribution in [2.45, 2.75) is 26.3 Å². The molecule has 4 nitrogen and oxygen atoms in total. The molecule has 0 saturated carbocycles. The van der Waals surface area contributed by atoms with Crippen molar-refractivity contribution < 1.29 is 9.21 Å². The van der Waals surface area contributed by atoms with E-state index >= 15 is 0 Å². The van der Waals surface area contributed by atoms with Gasteiger partial charge in [0.1, 0.15) is 12.0 Å². The monoisotopic (exact) mass is 258 g/mol. The first kappa shape index (κ1) is 13.4. The second-order valence-electron chi connectivity index (χ2n) is 4.74. The van der Waals surface area contributed by atoms with Gasteiger partial charge in [0.2, 0.25) is 0 Å². The molecule has 0 fully saturated rings. The first-order valence-electron chi connectivity index (χ1n) is 6.29. The summed E-state index contributed by atoms with van der Waals surface area (Å²) in [6, 6.07) is 9.48. The van der Waals surface area contributed by atoms with Gasteiger partial charge in [-0.25, -0.2) is 0 Å². The maximum atomic E-state index is 12.0. The molecule has 0 aliphatic rings. The zero-order chi connectivity index (χ0) is 13.8. The highest BCUT2D eigenvalue weighted by Crippen LogP contribution is 2.19. The minimum Gasteiger partial charge on any atom is -0.467 e. The van der Waals surface area contributed by atoms with Crippen LogP contribution in [0, 0.1) is 0 Å². The molecule has 1 aromatic carbocycles. The fourth-order valence-corrected chi connectivity index (χ4v) is 1.79. The number of furan rings is 1. The predicted molar refractivity (Wildman–Crippen MR) is 75.1 cm³/mol. The van der Waals surface area contributed by atoms with Crippen LogP contribution in [0.2, 0.25) is 0 Å². The summed E-state index contributed by atoms with van der Waals surface area (Å²) in [6.07, 6.45) is 1.42. The maximum Gasteiger partial charge on any atom is 0.258 e. The summed E-state index contributed by atoms with van der Waals surface area (Å²) < 4.78 is 5.15. The van der Waals surface area contributed by atoms with Gasteiger partial charge in [-0.3, -0.25) is 4.79 Å². The molecule has 0 aliphatic heterocycles. The lowest BCUT2D eigenvalue weighted by Crippen LogP contribution is -2.11. The van der Waals surface area contributed by atoms with Crippen molar-refractivity contribution in [3.8, 4) is 0 Å². The van der Waals surface area contributed by atoms with Gasteiger partial charge in [-0.2, -0.15) is 0 Å². The van der Waals surface area contributed by atoms with Gasteiger partial charge in [0.25, 0.3) is 5.91 Å². The van der Waals surface area contributed by atoms with Crippen LogP contribution in [0.1, 0.15) is 41.4 Å². The zero-order valence-electron chi connectivity index (χ0n) is 11.1. The normalized spacial score (nSPS) is 10.7. The number of anilines is 1. The summed E-state index contributed by atoms with van der Waals surface area (Å²) in [4.78, 5) is 12.0. The largest absolute Gasteiger partial charge is 0.467 e. The highest BCUT2D eigenvalue weighted by molar-refractivity contribution is 6.04. The third-order valence-electron chi connectivity index (χ3n) is 2.93. The number of hydrogen-bond donors (Lipinski definition) is 2. The van der Waals surface area contributed by atoms with Crippen LogP contribution in [0.15, 0.2) is 41.0 Å². The summed E-state index contributed by atoms with van der Waals surface area (Å²) in [5, 5.41) is 2.85. The fourth-order valence-electron chi connectivity index (χ4n) is 1.79. The summed E-state index contributed by atoms with van der Waals surface area (Å²) in [6.45, 7) is 4.52. The molecule has 100 valence electrons. The molecule has 1 heterocycles. The molecule has 19 heavy (non-hydrogen) atoms. The van der Waals surface area contributed by atoms with Crippen LogP contribution < -0.4 is 11.1 Å². The zero-order valence-corrected chi connectivity index (χ0v) is 11.1. The number of benzene rings is 1. The Morgan fingerprint density at radius 3 is 2.79 bits per heavy atom. The van der Waals surface area contributed by atoms with E-state index in [1.165, 1.54) is 11.8 Å². The molecule has 1 amide bonds. The van der Waals surface area contributed by atoms with Gasteiger partial charge >= 0.3 is 0 Å². The summed E-state index contributed by atoms with van der Waals surface area (Å²) >= 11 is 0. The third kappa shape index (κ3) is 3.23. The Morgan fingerprint density at radius 2 is 2.16 bits per heavy atom. The maximum absolute atomic E-state index is 12.0. The molecule has 0 atom stereocenters. The van der Waals surface area contributed by atoms with E-state index in [2.05, 4.69) is 19.2 Å². The van der Waals surface area contributed by atoms with E-state index in [1.54, 1.807) is 6.07 Å². The number of rotatable bonds is 4. The summed E-state index contributed by atoms with van der Waals surface area (Å²) in [5.41, 5.74) is 7.90. The Balaban J connectivity index is 2.12. The Morgan fingerprint density at radius 1 is 1.37 bits per heavy atom. The van der Waals surface area contributed by atoms with Gasteiger partial charge < -0.3 is 15.5 Å². The molecule has 2 rings (SSSR count). The highest BCUT2D eigenvalue weighted by atomic mass is 16.3. The molecule has 0 bridgehead atoms. The number of nitrogens with one attached hydrogen (secondary N) is 1. The SMILES string of the molecule is CC(C)c1cccc(NC(=O)c2coc(CN)c2)c1. The second-order valence-corrected chi connectivity index (χ2v) is 4.74. The molecule has 1 aromatic heterocycles. The van der Waals surface area contributed by atoms with Crippen molar-refractivity contribution in [2.24, 2.45) is 5.73 Å². The number of carbonyl (C=O) groups excluding carboxylic acids is 1. The van der Waals surface area contributed by atoms with Crippen molar-refractivity contribution in [3.63, 3.8) is 0 Å². The van der Waals surface area contributed by atoms with E-state index in [0.717, 1.165) is 5.69 Å². The molecule has 0 aliphatic carbocycles. The minimum atomic E-state index is -0.190. The lowest BCUT2D eigenvalue weighted by molar-refractivity contribution is 0.102. The van der Waals surface area contributed by atoms with E-state index in [1.807, 2.05) is 24.3 Å². The molecule has 4 heteroatoms.